The fourth-order valence-corrected chi connectivity index (χ4v) is 4.69. The number of halogens is 1. The predicted molar refractivity (Wildman–Crippen MR) is 81.6 cm³/mol. The Morgan fingerprint density at radius 3 is 2.62 bits per heavy atom. The first-order valence-electron chi connectivity index (χ1n) is 7.16. The molecule has 2 aliphatic heterocycles. The summed E-state index contributed by atoms with van der Waals surface area (Å²) in [5, 5.41) is 2.76. The van der Waals surface area contributed by atoms with E-state index < -0.39 is 9.84 Å². The highest BCUT2D eigenvalue weighted by Gasteiger charge is 2.31. The van der Waals surface area contributed by atoms with Crippen molar-refractivity contribution in [3.8, 4) is 0 Å². The minimum Gasteiger partial charge on any atom is -0.353 e. The Morgan fingerprint density at radius 2 is 1.95 bits per heavy atom. The van der Waals surface area contributed by atoms with Crippen molar-refractivity contribution in [2.45, 2.75) is 30.9 Å². The molecule has 0 aliphatic carbocycles. The van der Waals surface area contributed by atoms with Crippen molar-refractivity contribution >= 4 is 33.3 Å². The zero-order valence-corrected chi connectivity index (χ0v) is 13.2. The molecule has 116 valence electrons. The van der Waals surface area contributed by atoms with Crippen LogP contribution in [-0.2, 0) is 9.84 Å². The van der Waals surface area contributed by atoms with E-state index in [-0.39, 0.29) is 16.3 Å². The molecule has 21 heavy (non-hydrogen) atoms. The highest BCUT2D eigenvalue weighted by atomic mass is 35.5. The van der Waals surface area contributed by atoms with Crippen LogP contribution in [0, 0.1) is 0 Å². The number of nitrogens with zero attached hydrogens (tertiary/aromatic N) is 4. The molecule has 3 heterocycles. The second-order valence-corrected chi connectivity index (χ2v) is 8.17. The van der Waals surface area contributed by atoms with Gasteiger partial charge in [-0.2, -0.15) is 15.0 Å². The van der Waals surface area contributed by atoms with E-state index in [9.17, 15) is 8.42 Å². The molecule has 1 aromatic rings. The highest BCUT2D eigenvalue weighted by molar-refractivity contribution is 7.92. The Kier molecular flexibility index (Phi) is 4.17. The summed E-state index contributed by atoms with van der Waals surface area (Å²) in [6.45, 7) is 2.15. The number of rotatable bonds is 4. The van der Waals surface area contributed by atoms with Crippen molar-refractivity contribution in [2.24, 2.45) is 0 Å². The molecule has 1 aromatic heterocycles. The van der Waals surface area contributed by atoms with Crippen LogP contribution in [0.4, 0.5) is 11.9 Å². The lowest BCUT2D eigenvalue weighted by Crippen LogP contribution is -2.26. The van der Waals surface area contributed by atoms with Crippen molar-refractivity contribution in [1.82, 2.24) is 15.0 Å². The van der Waals surface area contributed by atoms with Crippen LogP contribution in [0.2, 0.25) is 5.28 Å². The third kappa shape index (κ3) is 3.37. The van der Waals surface area contributed by atoms with Gasteiger partial charge in [0.25, 0.3) is 0 Å². The molecule has 0 saturated carbocycles. The van der Waals surface area contributed by atoms with Gasteiger partial charge in [0, 0.05) is 19.6 Å². The van der Waals surface area contributed by atoms with E-state index in [0.29, 0.717) is 24.9 Å². The molecule has 1 N–H and O–H groups in total. The van der Waals surface area contributed by atoms with Crippen LogP contribution in [0.3, 0.4) is 0 Å². The van der Waals surface area contributed by atoms with Crippen LogP contribution >= 0.6 is 11.6 Å². The van der Waals surface area contributed by atoms with Crippen LogP contribution < -0.4 is 10.2 Å². The van der Waals surface area contributed by atoms with Gasteiger partial charge in [0.05, 0.1) is 11.0 Å². The van der Waals surface area contributed by atoms with E-state index in [1.165, 1.54) is 0 Å². The molecule has 2 saturated heterocycles. The van der Waals surface area contributed by atoms with Gasteiger partial charge in [-0.25, -0.2) is 8.42 Å². The van der Waals surface area contributed by atoms with Gasteiger partial charge in [0.2, 0.25) is 17.2 Å². The second kappa shape index (κ2) is 5.92. The number of hydrogen-bond acceptors (Lipinski definition) is 7. The van der Waals surface area contributed by atoms with E-state index in [2.05, 4.69) is 25.2 Å². The van der Waals surface area contributed by atoms with E-state index in [0.717, 1.165) is 32.4 Å². The summed E-state index contributed by atoms with van der Waals surface area (Å²) in [4.78, 5) is 14.6. The fourth-order valence-electron chi connectivity index (χ4n) is 2.77. The third-order valence-electron chi connectivity index (χ3n) is 3.94. The lowest BCUT2D eigenvalue weighted by atomic mass is 10.2. The average molecular weight is 332 g/mol. The van der Waals surface area contributed by atoms with Gasteiger partial charge < -0.3 is 10.2 Å². The molecular weight excluding hydrogens is 314 g/mol. The molecule has 1 unspecified atom stereocenters. The summed E-state index contributed by atoms with van der Waals surface area (Å²) < 4.78 is 23.6. The highest BCUT2D eigenvalue weighted by Crippen LogP contribution is 2.21. The van der Waals surface area contributed by atoms with Crippen LogP contribution in [0.5, 0.6) is 0 Å². The molecule has 7 nitrogen and oxygen atoms in total. The number of aromatic nitrogens is 3. The van der Waals surface area contributed by atoms with Gasteiger partial charge in [0.1, 0.15) is 0 Å². The maximum atomic E-state index is 11.8. The van der Waals surface area contributed by atoms with Crippen molar-refractivity contribution in [3.05, 3.63) is 5.28 Å². The predicted octanol–water partition coefficient (Wildman–Crippen LogP) is 1.11. The average Bonchev–Trinajstić information content (AvgIpc) is 3.05. The largest absolute Gasteiger partial charge is 0.353 e. The smallest absolute Gasteiger partial charge is 0.231 e. The van der Waals surface area contributed by atoms with Crippen LogP contribution in [0.25, 0.3) is 0 Å². The Morgan fingerprint density at radius 1 is 1.19 bits per heavy atom. The molecule has 9 heteroatoms. The van der Waals surface area contributed by atoms with Crippen LogP contribution in [-0.4, -0.2) is 54.0 Å². The van der Waals surface area contributed by atoms with Crippen molar-refractivity contribution in [1.29, 1.82) is 0 Å². The van der Waals surface area contributed by atoms with Crippen LogP contribution in [0.1, 0.15) is 25.7 Å². The van der Waals surface area contributed by atoms with Gasteiger partial charge in [-0.1, -0.05) is 0 Å². The topological polar surface area (TPSA) is 88.1 Å². The Labute approximate surface area is 129 Å². The Bertz CT molecular complexity index is 618. The normalized spacial score (nSPS) is 24.4. The molecule has 3 rings (SSSR count). The lowest BCUT2D eigenvalue weighted by Gasteiger charge is -2.16. The summed E-state index contributed by atoms with van der Waals surface area (Å²) in [5.41, 5.74) is 0. The summed E-state index contributed by atoms with van der Waals surface area (Å²) >= 11 is 5.93. The molecule has 0 spiro atoms. The number of sulfone groups is 1. The van der Waals surface area contributed by atoms with E-state index in [1.807, 2.05) is 0 Å². The van der Waals surface area contributed by atoms with Gasteiger partial charge in [0.15, 0.2) is 9.84 Å². The fraction of sp³-hybridized carbons (Fsp3) is 0.750. The van der Waals surface area contributed by atoms with Crippen LogP contribution in [0.15, 0.2) is 0 Å². The monoisotopic (exact) mass is 331 g/mol. The van der Waals surface area contributed by atoms with Crippen molar-refractivity contribution < 1.29 is 8.42 Å². The lowest BCUT2D eigenvalue weighted by molar-refractivity contribution is 0.591. The molecule has 2 fully saturated rings. The molecular formula is C12H18ClN5O2S. The molecule has 0 bridgehead atoms. The van der Waals surface area contributed by atoms with Crippen molar-refractivity contribution in [2.75, 3.05) is 35.6 Å². The Hall–Kier alpha value is -1.15. The first-order valence-corrected chi connectivity index (χ1v) is 9.26. The summed E-state index contributed by atoms with van der Waals surface area (Å²) in [5.74, 6) is 1.18. The SMILES string of the molecule is O=S1(=O)CCCC1CNc1nc(Cl)nc(N2CCCC2)n1. The van der Waals surface area contributed by atoms with Crippen molar-refractivity contribution in [3.63, 3.8) is 0 Å². The number of nitrogens with one attached hydrogen (secondary N) is 1. The summed E-state index contributed by atoms with van der Waals surface area (Å²) in [6, 6.07) is 0. The standard InChI is InChI=1S/C12H18ClN5O2S/c13-10-15-11(14-8-9-4-3-7-21(9,19)20)17-12(16-10)18-5-1-2-6-18/h9H,1-8H2,(H,14,15,16,17). The quantitative estimate of drug-likeness (QED) is 0.884. The zero-order valence-electron chi connectivity index (χ0n) is 11.6. The first kappa shape index (κ1) is 14.8. The Balaban J connectivity index is 1.70. The van der Waals surface area contributed by atoms with Gasteiger partial charge in [-0.15, -0.1) is 0 Å². The van der Waals surface area contributed by atoms with E-state index >= 15 is 0 Å². The second-order valence-electron chi connectivity index (χ2n) is 5.43. The minimum absolute atomic E-state index is 0.128. The molecule has 0 aromatic carbocycles. The van der Waals surface area contributed by atoms with Gasteiger partial charge in [-0.3, -0.25) is 0 Å². The summed E-state index contributed by atoms with van der Waals surface area (Å²) in [7, 11) is -2.97. The molecule has 0 radical (unpaired) electrons. The van der Waals surface area contributed by atoms with E-state index in [1.54, 1.807) is 0 Å². The molecule has 1 atom stereocenters. The maximum absolute atomic E-state index is 11.8. The third-order valence-corrected chi connectivity index (χ3v) is 6.38. The number of anilines is 2. The van der Waals surface area contributed by atoms with Gasteiger partial charge in [-0.05, 0) is 37.3 Å². The van der Waals surface area contributed by atoms with Gasteiger partial charge >= 0.3 is 0 Å². The minimum atomic E-state index is -2.97. The molecule has 2 aliphatic rings. The first-order chi connectivity index (χ1) is 10.0. The number of hydrogen-bond donors (Lipinski definition) is 1. The molecule has 0 amide bonds. The zero-order chi connectivity index (χ0) is 14.9. The maximum Gasteiger partial charge on any atom is 0.231 e. The summed E-state index contributed by atoms with van der Waals surface area (Å²) in [6.07, 6.45) is 3.65. The van der Waals surface area contributed by atoms with E-state index in [4.69, 9.17) is 11.6 Å².